The SMILES string of the molecule is N#Cc1ccccc1NC(=O)c1cc(N2CCN(C=O)CC2)ccn1. The number of anilines is 2. The van der Waals surface area contributed by atoms with Gasteiger partial charge in [0.15, 0.2) is 0 Å². The van der Waals surface area contributed by atoms with Crippen LogP contribution < -0.4 is 10.2 Å². The van der Waals surface area contributed by atoms with Gasteiger partial charge in [-0.3, -0.25) is 14.6 Å². The second kappa shape index (κ2) is 7.45. The molecule has 1 aliphatic rings. The molecule has 1 saturated heterocycles. The molecule has 0 unspecified atom stereocenters. The Morgan fingerprint density at radius 3 is 2.68 bits per heavy atom. The number of piperazine rings is 1. The van der Waals surface area contributed by atoms with Gasteiger partial charge in [-0.15, -0.1) is 0 Å². The Hall–Kier alpha value is -3.40. The minimum Gasteiger partial charge on any atom is -0.368 e. The Balaban J connectivity index is 1.74. The second-order valence-corrected chi connectivity index (χ2v) is 5.64. The van der Waals surface area contributed by atoms with E-state index < -0.39 is 0 Å². The van der Waals surface area contributed by atoms with Crippen molar-refractivity contribution < 1.29 is 9.59 Å². The largest absolute Gasteiger partial charge is 0.368 e. The van der Waals surface area contributed by atoms with Gasteiger partial charge in [-0.25, -0.2) is 0 Å². The Labute approximate surface area is 145 Å². The van der Waals surface area contributed by atoms with Crippen LogP contribution in [-0.4, -0.2) is 48.4 Å². The molecule has 25 heavy (non-hydrogen) atoms. The maximum Gasteiger partial charge on any atom is 0.274 e. The highest BCUT2D eigenvalue weighted by atomic mass is 16.2. The topological polar surface area (TPSA) is 89.3 Å². The van der Waals surface area contributed by atoms with Gasteiger partial charge >= 0.3 is 0 Å². The van der Waals surface area contributed by atoms with Crippen molar-refractivity contribution in [3.05, 3.63) is 53.9 Å². The first-order valence-electron chi connectivity index (χ1n) is 7.92. The zero-order valence-electron chi connectivity index (χ0n) is 13.6. The monoisotopic (exact) mass is 335 g/mol. The number of amides is 2. The molecule has 0 bridgehead atoms. The summed E-state index contributed by atoms with van der Waals surface area (Å²) in [4.78, 5) is 31.2. The Kier molecular flexibility index (Phi) is 4.90. The van der Waals surface area contributed by atoms with E-state index in [1.165, 1.54) is 0 Å². The number of nitriles is 1. The number of para-hydroxylation sites is 1. The van der Waals surface area contributed by atoms with Gasteiger partial charge in [0, 0.05) is 38.1 Å². The fraction of sp³-hybridized carbons (Fsp3) is 0.222. The minimum atomic E-state index is -0.365. The highest BCUT2D eigenvalue weighted by molar-refractivity contribution is 6.04. The molecule has 0 spiro atoms. The molecule has 1 N–H and O–H groups in total. The Bertz CT molecular complexity index is 822. The summed E-state index contributed by atoms with van der Waals surface area (Å²) in [6.07, 6.45) is 2.45. The molecule has 3 rings (SSSR count). The van der Waals surface area contributed by atoms with Crippen molar-refractivity contribution in [3.63, 3.8) is 0 Å². The molecular formula is C18H17N5O2. The summed E-state index contributed by atoms with van der Waals surface area (Å²) in [5.41, 5.74) is 2.03. The van der Waals surface area contributed by atoms with Gasteiger partial charge in [0.05, 0.1) is 11.3 Å². The van der Waals surface area contributed by atoms with E-state index in [-0.39, 0.29) is 11.6 Å². The number of hydrogen-bond donors (Lipinski definition) is 1. The smallest absolute Gasteiger partial charge is 0.274 e. The lowest BCUT2D eigenvalue weighted by molar-refractivity contribution is -0.118. The number of carbonyl (C=O) groups is 2. The van der Waals surface area contributed by atoms with Gasteiger partial charge in [0.1, 0.15) is 11.8 Å². The summed E-state index contributed by atoms with van der Waals surface area (Å²) < 4.78 is 0. The average molecular weight is 335 g/mol. The number of aromatic nitrogens is 1. The number of pyridine rings is 1. The standard InChI is InChI=1S/C18H17N5O2/c19-12-14-3-1-2-4-16(14)21-18(25)17-11-15(5-6-20-17)23-9-7-22(13-24)8-10-23/h1-6,11,13H,7-10H2,(H,21,25). The molecule has 2 amide bonds. The maximum absolute atomic E-state index is 12.5. The molecule has 1 aliphatic heterocycles. The molecule has 0 saturated carbocycles. The summed E-state index contributed by atoms with van der Waals surface area (Å²) in [6, 6.07) is 12.4. The number of rotatable bonds is 4. The van der Waals surface area contributed by atoms with E-state index in [0.717, 1.165) is 12.1 Å². The molecule has 1 aromatic carbocycles. The molecule has 1 fully saturated rings. The summed E-state index contributed by atoms with van der Waals surface area (Å²) in [5, 5.41) is 11.8. The van der Waals surface area contributed by atoms with E-state index in [1.54, 1.807) is 41.4 Å². The van der Waals surface area contributed by atoms with Crippen LogP contribution in [0.2, 0.25) is 0 Å². The fourth-order valence-corrected chi connectivity index (χ4v) is 2.70. The fourth-order valence-electron chi connectivity index (χ4n) is 2.70. The molecule has 0 aliphatic carbocycles. The van der Waals surface area contributed by atoms with E-state index in [2.05, 4.69) is 15.2 Å². The highest BCUT2D eigenvalue weighted by Gasteiger charge is 2.17. The third kappa shape index (κ3) is 3.75. The third-order valence-electron chi connectivity index (χ3n) is 4.10. The molecular weight excluding hydrogens is 318 g/mol. The first-order valence-corrected chi connectivity index (χ1v) is 7.92. The van der Waals surface area contributed by atoms with Crippen LogP contribution in [0.25, 0.3) is 0 Å². The lowest BCUT2D eigenvalue weighted by Crippen LogP contribution is -2.45. The molecule has 2 heterocycles. The van der Waals surface area contributed by atoms with Gasteiger partial charge in [-0.1, -0.05) is 12.1 Å². The Morgan fingerprint density at radius 1 is 1.20 bits per heavy atom. The van der Waals surface area contributed by atoms with Crippen LogP contribution in [0, 0.1) is 11.3 Å². The number of carbonyl (C=O) groups excluding carboxylic acids is 2. The predicted molar refractivity (Wildman–Crippen MR) is 93.2 cm³/mol. The van der Waals surface area contributed by atoms with Crippen molar-refractivity contribution in [2.24, 2.45) is 0 Å². The molecule has 126 valence electrons. The number of nitrogens with zero attached hydrogens (tertiary/aromatic N) is 4. The van der Waals surface area contributed by atoms with Crippen LogP contribution in [-0.2, 0) is 4.79 Å². The molecule has 7 heteroatoms. The zero-order chi connectivity index (χ0) is 17.6. The summed E-state index contributed by atoms with van der Waals surface area (Å²) in [5.74, 6) is -0.365. The summed E-state index contributed by atoms with van der Waals surface area (Å²) in [7, 11) is 0. The van der Waals surface area contributed by atoms with E-state index in [4.69, 9.17) is 5.26 Å². The summed E-state index contributed by atoms with van der Waals surface area (Å²) in [6.45, 7) is 2.73. The molecule has 1 aromatic heterocycles. The van der Waals surface area contributed by atoms with Crippen LogP contribution in [0.15, 0.2) is 42.6 Å². The van der Waals surface area contributed by atoms with Crippen molar-refractivity contribution in [2.75, 3.05) is 36.4 Å². The van der Waals surface area contributed by atoms with Crippen molar-refractivity contribution in [1.82, 2.24) is 9.88 Å². The molecule has 2 aromatic rings. The van der Waals surface area contributed by atoms with Gasteiger partial charge in [0.2, 0.25) is 6.41 Å². The van der Waals surface area contributed by atoms with Crippen molar-refractivity contribution >= 4 is 23.7 Å². The Morgan fingerprint density at radius 2 is 1.96 bits per heavy atom. The number of benzene rings is 1. The van der Waals surface area contributed by atoms with E-state index in [9.17, 15) is 9.59 Å². The quantitative estimate of drug-likeness (QED) is 0.855. The van der Waals surface area contributed by atoms with Crippen LogP contribution in [0.3, 0.4) is 0 Å². The minimum absolute atomic E-state index is 0.281. The van der Waals surface area contributed by atoms with Crippen LogP contribution in [0.1, 0.15) is 16.1 Å². The van der Waals surface area contributed by atoms with Crippen molar-refractivity contribution in [3.8, 4) is 6.07 Å². The zero-order valence-corrected chi connectivity index (χ0v) is 13.6. The maximum atomic E-state index is 12.5. The third-order valence-corrected chi connectivity index (χ3v) is 4.10. The van der Waals surface area contributed by atoms with Crippen molar-refractivity contribution in [1.29, 1.82) is 5.26 Å². The first kappa shape index (κ1) is 16.5. The summed E-state index contributed by atoms with van der Waals surface area (Å²) >= 11 is 0. The van der Waals surface area contributed by atoms with E-state index in [1.807, 2.05) is 12.1 Å². The first-order chi connectivity index (χ1) is 12.2. The molecule has 0 atom stereocenters. The van der Waals surface area contributed by atoms with Crippen LogP contribution in [0.5, 0.6) is 0 Å². The highest BCUT2D eigenvalue weighted by Crippen LogP contribution is 2.18. The van der Waals surface area contributed by atoms with Gasteiger partial charge < -0.3 is 15.1 Å². The van der Waals surface area contributed by atoms with Crippen LogP contribution >= 0.6 is 0 Å². The van der Waals surface area contributed by atoms with E-state index >= 15 is 0 Å². The van der Waals surface area contributed by atoms with Crippen molar-refractivity contribution in [2.45, 2.75) is 0 Å². The van der Waals surface area contributed by atoms with Gasteiger partial charge in [-0.05, 0) is 24.3 Å². The number of nitrogens with one attached hydrogen (secondary N) is 1. The van der Waals surface area contributed by atoms with Gasteiger partial charge in [0.25, 0.3) is 5.91 Å². The molecule has 7 nitrogen and oxygen atoms in total. The predicted octanol–water partition coefficient (Wildman–Crippen LogP) is 1.48. The second-order valence-electron chi connectivity index (χ2n) is 5.64. The normalized spacial score (nSPS) is 13.9. The lowest BCUT2D eigenvalue weighted by atomic mass is 10.2. The molecule has 0 radical (unpaired) electrons. The van der Waals surface area contributed by atoms with Crippen LogP contribution in [0.4, 0.5) is 11.4 Å². The van der Waals surface area contributed by atoms with E-state index in [0.29, 0.717) is 37.4 Å². The average Bonchev–Trinajstić information content (AvgIpc) is 2.68. The lowest BCUT2D eigenvalue weighted by Gasteiger charge is -2.34. The van der Waals surface area contributed by atoms with Gasteiger partial charge in [-0.2, -0.15) is 5.26 Å². The number of hydrogen-bond acceptors (Lipinski definition) is 5.